The second-order valence-corrected chi connectivity index (χ2v) is 4.24. The SMILES string of the molecule is CC.CC(=O)c1cc(C(=O)c2ccccc2)ccc1[N+](=O)[O-]. The number of carbonyl (C=O) groups excluding carboxylic acids is 2. The van der Waals surface area contributed by atoms with Crippen LogP contribution >= 0.6 is 0 Å². The summed E-state index contributed by atoms with van der Waals surface area (Å²) in [4.78, 5) is 33.9. The molecule has 0 atom stereocenters. The van der Waals surface area contributed by atoms with E-state index in [4.69, 9.17) is 0 Å². The summed E-state index contributed by atoms with van der Waals surface area (Å²) in [6, 6.07) is 12.4. The minimum atomic E-state index is -0.631. The van der Waals surface area contributed by atoms with Gasteiger partial charge < -0.3 is 0 Å². The topological polar surface area (TPSA) is 77.3 Å². The van der Waals surface area contributed by atoms with Crippen LogP contribution in [0.1, 0.15) is 47.1 Å². The van der Waals surface area contributed by atoms with E-state index in [9.17, 15) is 19.7 Å². The second kappa shape index (κ2) is 7.83. The van der Waals surface area contributed by atoms with E-state index in [1.807, 2.05) is 13.8 Å². The Bertz CT molecular complexity index is 693. The molecule has 0 saturated heterocycles. The van der Waals surface area contributed by atoms with Crippen molar-refractivity contribution in [3.8, 4) is 0 Å². The minimum Gasteiger partial charge on any atom is -0.294 e. The first-order valence-electron chi connectivity index (χ1n) is 6.90. The highest BCUT2D eigenvalue weighted by Gasteiger charge is 2.20. The summed E-state index contributed by atoms with van der Waals surface area (Å²) in [6.45, 7) is 5.24. The highest BCUT2D eigenvalue weighted by atomic mass is 16.6. The Morgan fingerprint density at radius 2 is 1.55 bits per heavy atom. The molecule has 0 bridgehead atoms. The number of nitro benzene ring substituents is 1. The first kappa shape index (κ1) is 17.2. The Kier molecular flexibility index (Phi) is 6.13. The van der Waals surface area contributed by atoms with Crippen molar-refractivity contribution < 1.29 is 14.5 Å². The molecule has 2 rings (SSSR count). The lowest BCUT2D eigenvalue weighted by molar-refractivity contribution is -0.385. The van der Waals surface area contributed by atoms with Crippen LogP contribution in [0.3, 0.4) is 0 Å². The van der Waals surface area contributed by atoms with Crippen LogP contribution in [0.2, 0.25) is 0 Å². The first-order valence-corrected chi connectivity index (χ1v) is 6.90. The quantitative estimate of drug-likeness (QED) is 0.484. The Morgan fingerprint density at radius 1 is 0.955 bits per heavy atom. The number of rotatable bonds is 4. The molecule has 2 aromatic carbocycles. The van der Waals surface area contributed by atoms with Gasteiger partial charge in [-0.05, 0) is 19.1 Å². The highest BCUT2D eigenvalue weighted by Crippen LogP contribution is 2.22. The van der Waals surface area contributed by atoms with Gasteiger partial charge in [0.1, 0.15) is 0 Å². The molecule has 2 aromatic rings. The molecule has 0 amide bonds. The van der Waals surface area contributed by atoms with Gasteiger partial charge in [-0.3, -0.25) is 19.7 Å². The van der Waals surface area contributed by atoms with Crippen LogP contribution in [0.4, 0.5) is 5.69 Å². The van der Waals surface area contributed by atoms with Gasteiger partial charge >= 0.3 is 0 Å². The summed E-state index contributed by atoms with van der Waals surface area (Å²) >= 11 is 0. The smallest absolute Gasteiger partial charge is 0.280 e. The summed E-state index contributed by atoms with van der Waals surface area (Å²) in [7, 11) is 0. The molecule has 0 unspecified atom stereocenters. The third-order valence-corrected chi connectivity index (χ3v) is 2.87. The van der Waals surface area contributed by atoms with E-state index in [0.29, 0.717) is 5.56 Å². The number of carbonyl (C=O) groups is 2. The maximum absolute atomic E-state index is 12.2. The maximum Gasteiger partial charge on any atom is 0.280 e. The van der Waals surface area contributed by atoms with Crippen molar-refractivity contribution in [1.82, 2.24) is 0 Å². The van der Waals surface area contributed by atoms with Gasteiger partial charge in [0.2, 0.25) is 0 Å². The van der Waals surface area contributed by atoms with E-state index in [-0.39, 0.29) is 22.6 Å². The molecule has 0 aliphatic heterocycles. The summed E-state index contributed by atoms with van der Waals surface area (Å²) in [6.07, 6.45) is 0. The van der Waals surface area contributed by atoms with Gasteiger partial charge in [-0.15, -0.1) is 0 Å². The van der Waals surface area contributed by atoms with Gasteiger partial charge in [0.05, 0.1) is 10.5 Å². The fourth-order valence-corrected chi connectivity index (χ4v) is 1.87. The van der Waals surface area contributed by atoms with E-state index in [0.717, 1.165) is 0 Å². The molecule has 22 heavy (non-hydrogen) atoms. The van der Waals surface area contributed by atoms with Gasteiger partial charge in [0.15, 0.2) is 11.6 Å². The number of hydrogen-bond donors (Lipinski definition) is 0. The summed E-state index contributed by atoms with van der Waals surface area (Å²) in [5, 5.41) is 10.8. The number of benzene rings is 2. The predicted octanol–water partition coefficient (Wildman–Crippen LogP) is 4.05. The van der Waals surface area contributed by atoms with Crippen molar-refractivity contribution in [3.05, 3.63) is 75.3 Å². The standard InChI is InChI=1S/C15H11NO4.C2H6/c1-10(17)13-9-12(7-8-14(13)16(19)20)15(18)11-5-3-2-4-6-11;1-2/h2-9H,1H3;1-2H3. The van der Waals surface area contributed by atoms with Crippen molar-refractivity contribution in [1.29, 1.82) is 0 Å². The van der Waals surface area contributed by atoms with E-state index >= 15 is 0 Å². The molecule has 0 fully saturated rings. The lowest BCUT2D eigenvalue weighted by Gasteiger charge is -2.04. The molecule has 5 nitrogen and oxygen atoms in total. The van der Waals surface area contributed by atoms with E-state index in [1.54, 1.807) is 30.3 Å². The van der Waals surface area contributed by atoms with Crippen LogP contribution in [0, 0.1) is 10.1 Å². The number of hydrogen-bond acceptors (Lipinski definition) is 4. The van der Waals surface area contributed by atoms with Gasteiger partial charge in [-0.25, -0.2) is 0 Å². The Balaban J connectivity index is 0.00000116. The zero-order valence-electron chi connectivity index (χ0n) is 12.7. The molecule has 0 aliphatic carbocycles. The molecule has 0 aliphatic rings. The molecule has 0 radical (unpaired) electrons. The fraction of sp³-hybridized carbons (Fsp3) is 0.176. The van der Waals surface area contributed by atoms with Crippen molar-refractivity contribution >= 4 is 17.3 Å². The van der Waals surface area contributed by atoms with Crippen LogP contribution in [-0.2, 0) is 0 Å². The largest absolute Gasteiger partial charge is 0.294 e. The zero-order chi connectivity index (χ0) is 16.7. The molecule has 0 N–H and O–H groups in total. The van der Waals surface area contributed by atoms with Gasteiger partial charge in [0, 0.05) is 17.2 Å². The van der Waals surface area contributed by atoms with Crippen molar-refractivity contribution in [2.75, 3.05) is 0 Å². The first-order chi connectivity index (χ1) is 10.5. The van der Waals surface area contributed by atoms with Crippen molar-refractivity contribution in [2.45, 2.75) is 20.8 Å². The van der Waals surface area contributed by atoms with Gasteiger partial charge in [-0.2, -0.15) is 0 Å². The minimum absolute atomic E-state index is 0.0585. The molecule has 0 aromatic heterocycles. The third-order valence-electron chi connectivity index (χ3n) is 2.87. The van der Waals surface area contributed by atoms with Crippen molar-refractivity contribution in [3.63, 3.8) is 0 Å². The van der Waals surface area contributed by atoms with Crippen LogP contribution in [-0.4, -0.2) is 16.5 Å². The molecule has 0 spiro atoms. The predicted molar refractivity (Wildman–Crippen MR) is 84.3 cm³/mol. The average Bonchev–Trinajstić information content (AvgIpc) is 2.56. The Hall–Kier alpha value is -2.82. The summed E-state index contributed by atoms with van der Waals surface area (Å²) < 4.78 is 0. The number of ketones is 2. The van der Waals surface area contributed by atoms with Crippen LogP contribution in [0.25, 0.3) is 0 Å². The Morgan fingerprint density at radius 3 is 2.05 bits per heavy atom. The highest BCUT2D eigenvalue weighted by molar-refractivity contribution is 6.10. The lowest BCUT2D eigenvalue weighted by atomic mass is 9.99. The normalized spacial score (nSPS) is 9.41. The molecule has 5 heteroatoms. The average molecular weight is 299 g/mol. The summed E-state index contributed by atoms with van der Waals surface area (Å²) in [5.74, 6) is -0.720. The van der Waals surface area contributed by atoms with E-state index in [1.165, 1.54) is 25.1 Å². The van der Waals surface area contributed by atoms with Gasteiger partial charge in [-0.1, -0.05) is 44.2 Å². The molecular formula is C17H17NO4. The van der Waals surface area contributed by atoms with Crippen LogP contribution < -0.4 is 0 Å². The zero-order valence-corrected chi connectivity index (χ0v) is 12.7. The number of nitro groups is 1. The maximum atomic E-state index is 12.2. The van der Waals surface area contributed by atoms with Crippen LogP contribution in [0.5, 0.6) is 0 Å². The number of nitrogens with zero attached hydrogens (tertiary/aromatic N) is 1. The molecule has 0 heterocycles. The van der Waals surface area contributed by atoms with Gasteiger partial charge in [0.25, 0.3) is 5.69 Å². The van der Waals surface area contributed by atoms with Crippen LogP contribution in [0.15, 0.2) is 48.5 Å². The molecule has 114 valence electrons. The monoisotopic (exact) mass is 299 g/mol. The summed E-state index contributed by atoms with van der Waals surface area (Å²) in [5.41, 5.74) is 0.377. The Labute approximate surface area is 128 Å². The fourth-order valence-electron chi connectivity index (χ4n) is 1.87. The second-order valence-electron chi connectivity index (χ2n) is 4.24. The third kappa shape index (κ3) is 3.85. The lowest BCUT2D eigenvalue weighted by Crippen LogP contribution is -2.06. The molecule has 0 saturated carbocycles. The number of Topliss-reactive ketones (excluding diaryl/α,β-unsaturated/α-hetero) is 1. The van der Waals surface area contributed by atoms with E-state index < -0.39 is 10.7 Å². The molecular weight excluding hydrogens is 282 g/mol. The van der Waals surface area contributed by atoms with Crippen molar-refractivity contribution in [2.24, 2.45) is 0 Å². The van der Waals surface area contributed by atoms with E-state index in [2.05, 4.69) is 0 Å².